The average molecular weight is 360 g/mol. The molecule has 0 saturated carbocycles. The van der Waals surface area contributed by atoms with Gasteiger partial charge in [-0.3, -0.25) is 4.79 Å². The van der Waals surface area contributed by atoms with Crippen molar-refractivity contribution in [3.8, 4) is 11.1 Å². The molecule has 2 aromatic rings. The number of amides is 1. The summed E-state index contributed by atoms with van der Waals surface area (Å²) >= 11 is 0. The predicted molar refractivity (Wildman–Crippen MR) is 94.0 cm³/mol. The van der Waals surface area contributed by atoms with Crippen LogP contribution in [0.3, 0.4) is 0 Å². The Bertz CT molecular complexity index is 762. The van der Waals surface area contributed by atoms with Gasteiger partial charge in [0.25, 0.3) is 0 Å². The molecule has 7 nitrogen and oxygen atoms in total. The number of anilines is 1. The van der Waals surface area contributed by atoms with E-state index < -0.39 is 5.82 Å². The van der Waals surface area contributed by atoms with Crippen LogP contribution in [0.15, 0.2) is 30.6 Å². The zero-order valence-electron chi connectivity index (χ0n) is 14.6. The Morgan fingerprint density at radius 3 is 2.54 bits per heavy atom. The van der Waals surface area contributed by atoms with Gasteiger partial charge in [0.15, 0.2) is 0 Å². The Morgan fingerprint density at radius 1 is 1.23 bits per heavy atom. The number of rotatable bonds is 5. The van der Waals surface area contributed by atoms with Gasteiger partial charge in [-0.05, 0) is 0 Å². The van der Waals surface area contributed by atoms with Crippen molar-refractivity contribution < 1.29 is 19.0 Å². The predicted octanol–water partition coefficient (Wildman–Crippen LogP) is 1.07. The lowest BCUT2D eigenvalue weighted by Crippen LogP contribution is -2.50. The summed E-state index contributed by atoms with van der Waals surface area (Å²) in [6, 6.07) is 4.86. The average Bonchev–Trinajstić information content (AvgIpc) is 2.69. The van der Waals surface area contributed by atoms with E-state index in [2.05, 4.69) is 9.97 Å². The van der Waals surface area contributed by atoms with Gasteiger partial charge in [0, 0.05) is 62.4 Å². The molecule has 1 fully saturated rings. The highest BCUT2D eigenvalue weighted by atomic mass is 19.1. The fourth-order valence-electron chi connectivity index (χ4n) is 2.92. The second-order valence-electron chi connectivity index (χ2n) is 6.01. The first-order chi connectivity index (χ1) is 12.6. The third-order valence-electron chi connectivity index (χ3n) is 4.38. The van der Waals surface area contributed by atoms with Crippen molar-refractivity contribution in [1.29, 1.82) is 0 Å². The van der Waals surface area contributed by atoms with E-state index in [1.54, 1.807) is 35.5 Å². The van der Waals surface area contributed by atoms with E-state index in [9.17, 15) is 14.3 Å². The number of halogens is 1. The lowest BCUT2D eigenvalue weighted by Gasteiger charge is -2.34. The summed E-state index contributed by atoms with van der Waals surface area (Å²) in [5.74, 6) is 0.0607. The summed E-state index contributed by atoms with van der Waals surface area (Å²) in [6.45, 7) is 2.15. The second-order valence-corrected chi connectivity index (χ2v) is 6.01. The maximum atomic E-state index is 14.3. The van der Waals surface area contributed by atoms with E-state index in [0.717, 1.165) is 0 Å². The summed E-state index contributed by atoms with van der Waals surface area (Å²) in [5.41, 5.74) is 1.15. The minimum absolute atomic E-state index is 0.0253. The molecule has 0 radical (unpaired) electrons. The van der Waals surface area contributed by atoms with Gasteiger partial charge in [-0.25, -0.2) is 14.4 Å². The summed E-state index contributed by atoms with van der Waals surface area (Å²) in [6.07, 6.45) is 3.15. The van der Waals surface area contributed by atoms with Crippen molar-refractivity contribution in [2.75, 3.05) is 44.8 Å². The van der Waals surface area contributed by atoms with E-state index in [1.165, 1.54) is 7.11 Å². The number of carbonyl (C=O) groups excluding carboxylic acids is 1. The van der Waals surface area contributed by atoms with E-state index in [4.69, 9.17) is 4.74 Å². The summed E-state index contributed by atoms with van der Waals surface area (Å²) in [4.78, 5) is 24.2. The molecule has 0 atom stereocenters. The Morgan fingerprint density at radius 2 is 1.92 bits per heavy atom. The molecule has 8 heteroatoms. The zero-order valence-corrected chi connectivity index (χ0v) is 14.6. The number of carbonyl (C=O) groups is 1. The SMILES string of the molecule is COCC(=O)N1CCN(c2ncc(-c3cccc(CO)c3F)cn2)CC1. The Balaban J connectivity index is 1.68. The number of aliphatic hydroxyl groups excluding tert-OH is 1. The number of aromatic nitrogens is 2. The molecule has 1 amide bonds. The molecule has 0 spiro atoms. The van der Waals surface area contributed by atoms with E-state index in [1.807, 2.05) is 4.90 Å². The van der Waals surface area contributed by atoms with Crippen LogP contribution in [-0.2, 0) is 16.1 Å². The second kappa shape index (κ2) is 8.20. The standard InChI is InChI=1S/C18H21FN4O3/c1-26-12-16(25)22-5-7-23(8-6-22)18-20-9-14(10-21-18)15-4-2-3-13(11-24)17(15)19/h2-4,9-10,24H,5-8,11-12H2,1H3. The fourth-order valence-corrected chi connectivity index (χ4v) is 2.92. The Kier molecular flexibility index (Phi) is 5.75. The van der Waals surface area contributed by atoms with Crippen molar-refractivity contribution in [2.24, 2.45) is 0 Å². The quantitative estimate of drug-likeness (QED) is 0.859. The molecular formula is C18H21FN4O3. The molecule has 1 N–H and O–H groups in total. The lowest BCUT2D eigenvalue weighted by atomic mass is 10.1. The summed E-state index contributed by atoms with van der Waals surface area (Å²) in [7, 11) is 1.50. The number of methoxy groups -OCH3 is 1. The maximum Gasteiger partial charge on any atom is 0.248 e. The molecule has 0 unspecified atom stereocenters. The van der Waals surface area contributed by atoms with Crippen LogP contribution in [0.4, 0.5) is 10.3 Å². The first-order valence-electron chi connectivity index (χ1n) is 8.36. The molecular weight excluding hydrogens is 339 g/mol. The largest absolute Gasteiger partial charge is 0.392 e. The maximum absolute atomic E-state index is 14.3. The van der Waals surface area contributed by atoms with Gasteiger partial charge in [0.2, 0.25) is 11.9 Å². The van der Waals surface area contributed by atoms with Crippen molar-refractivity contribution in [1.82, 2.24) is 14.9 Å². The van der Waals surface area contributed by atoms with Crippen LogP contribution < -0.4 is 4.90 Å². The van der Waals surface area contributed by atoms with Crippen molar-refractivity contribution in [2.45, 2.75) is 6.61 Å². The third-order valence-corrected chi connectivity index (χ3v) is 4.38. The van der Waals surface area contributed by atoms with Crippen LogP contribution in [0.2, 0.25) is 0 Å². The Hall–Kier alpha value is -2.58. The van der Waals surface area contributed by atoms with Gasteiger partial charge in [-0.15, -0.1) is 0 Å². The molecule has 3 rings (SSSR count). The number of aliphatic hydroxyl groups is 1. The van der Waals surface area contributed by atoms with Crippen LogP contribution in [0.25, 0.3) is 11.1 Å². The molecule has 0 bridgehead atoms. The fraction of sp³-hybridized carbons (Fsp3) is 0.389. The molecule has 1 aliphatic heterocycles. The highest BCUT2D eigenvalue weighted by Crippen LogP contribution is 2.25. The number of nitrogens with zero attached hydrogens (tertiary/aromatic N) is 4. The minimum Gasteiger partial charge on any atom is -0.392 e. The lowest BCUT2D eigenvalue weighted by molar-refractivity contribution is -0.135. The smallest absolute Gasteiger partial charge is 0.248 e. The number of piperazine rings is 1. The van der Waals surface area contributed by atoms with Crippen LogP contribution in [0, 0.1) is 5.82 Å². The summed E-state index contributed by atoms with van der Waals surface area (Å²) in [5, 5.41) is 9.18. The monoisotopic (exact) mass is 360 g/mol. The highest BCUT2D eigenvalue weighted by Gasteiger charge is 2.22. The molecule has 0 aliphatic carbocycles. The highest BCUT2D eigenvalue weighted by molar-refractivity contribution is 5.77. The topological polar surface area (TPSA) is 78.8 Å². The molecule has 26 heavy (non-hydrogen) atoms. The molecule has 138 valence electrons. The van der Waals surface area contributed by atoms with E-state index >= 15 is 0 Å². The van der Waals surface area contributed by atoms with Crippen LogP contribution in [-0.4, -0.2) is 65.8 Å². The van der Waals surface area contributed by atoms with Gasteiger partial charge in [0.05, 0.1) is 6.61 Å². The van der Waals surface area contributed by atoms with Crippen LogP contribution >= 0.6 is 0 Å². The summed E-state index contributed by atoms with van der Waals surface area (Å²) < 4.78 is 19.2. The molecule has 1 aromatic heterocycles. The minimum atomic E-state index is -0.461. The van der Waals surface area contributed by atoms with Gasteiger partial charge in [-0.1, -0.05) is 18.2 Å². The van der Waals surface area contributed by atoms with Gasteiger partial charge in [-0.2, -0.15) is 0 Å². The number of hydrogen-bond donors (Lipinski definition) is 1. The first kappa shape index (κ1) is 18.2. The first-order valence-corrected chi connectivity index (χ1v) is 8.36. The van der Waals surface area contributed by atoms with Gasteiger partial charge >= 0.3 is 0 Å². The Labute approximate surface area is 151 Å². The third kappa shape index (κ3) is 3.81. The van der Waals surface area contributed by atoms with E-state index in [-0.39, 0.29) is 24.7 Å². The van der Waals surface area contributed by atoms with Crippen LogP contribution in [0.5, 0.6) is 0 Å². The normalized spacial score (nSPS) is 14.6. The molecule has 1 saturated heterocycles. The molecule has 2 heterocycles. The number of ether oxygens (including phenoxy) is 1. The zero-order chi connectivity index (χ0) is 18.5. The molecule has 1 aromatic carbocycles. The van der Waals surface area contributed by atoms with Crippen molar-refractivity contribution in [3.05, 3.63) is 42.0 Å². The number of hydrogen-bond acceptors (Lipinski definition) is 6. The van der Waals surface area contributed by atoms with Crippen molar-refractivity contribution >= 4 is 11.9 Å². The number of benzene rings is 1. The van der Waals surface area contributed by atoms with E-state index in [0.29, 0.717) is 43.3 Å². The van der Waals surface area contributed by atoms with Crippen molar-refractivity contribution in [3.63, 3.8) is 0 Å². The van der Waals surface area contributed by atoms with Gasteiger partial charge < -0.3 is 19.6 Å². The van der Waals surface area contributed by atoms with Gasteiger partial charge in [0.1, 0.15) is 12.4 Å². The molecule has 1 aliphatic rings. The van der Waals surface area contributed by atoms with Crippen LogP contribution in [0.1, 0.15) is 5.56 Å².